The average molecular weight is 294 g/mol. The molecule has 0 radical (unpaired) electrons. The average Bonchev–Trinajstić information content (AvgIpc) is 2.43. The molecule has 0 aliphatic rings. The third kappa shape index (κ3) is 3.71. The predicted molar refractivity (Wildman–Crippen MR) is 80.0 cm³/mol. The number of benzene rings is 2. The van der Waals surface area contributed by atoms with Gasteiger partial charge in [-0.3, -0.25) is 0 Å². The van der Waals surface area contributed by atoms with E-state index in [9.17, 15) is 4.39 Å². The first-order valence-electron chi connectivity index (χ1n) is 6.53. The molecule has 0 bridgehead atoms. The molecule has 106 valence electrons. The van der Waals surface area contributed by atoms with Crippen molar-refractivity contribution in [3.63, 3.8) is 0 Å². The molecular weight excluding hydrogens is 277 g/mol. The van der Waals surface area contributed by atoms with E-state index in [1.165, 1.54) is 12.1 Å². The Morgan fingerprint density at radius 2 is 2.00 bits per heavy atom. The Morgan fingerprint density at radius 1 is 1.20 bits per heavy atom. The van der Waals surface area contributed by atoms with Gasteiger partial charge in [-0.05, 0) is 55.4 Å². The molecule has 0 aliphatic carbocycles. The number of ether oxygens (including phenoxy) is 1. The van der Waals surface area contributed by atoms with Crippen molar-refractivity contribution in [3.05, 3.63) is 58.4 Å². The number of rotatable bonds is 5. The van der Waals surface area contributed by atoms with Crippen molar-refractivity contribution in [2.24, 2.45) is 0 Å². The summed E-state index contributed by atoms with van der Waals surface area (Å²) >= 11 is 5.99. The van der Waals surface area contributed by atoms with Crippen LogP contribution < -0.4 is 10.1 Å². The summed E-state index contributed by atoms with van der Waals surface area (Å²) in [5.41, 5.74) is 1.74. The standard InChI is InChI=1S/C16H17ClFNO/c1-3-19-10-12-9-13(18)4-7-16(12)20-14-5-6-15(17)11(2)8-14/h4-9,19H,3,10H2,1-2H3. The highest BCUT2D eigenvalue weighted by atomic mass is 35.5. The summed E-state index contributed by atoms with van der Waals surface area (Å²) in [5.74, 6) is 1.07. The lowest BCUT2D eigenvalue weighted by Gasteiger charge is -2.12. The van der Waals surface area contributed by atoms with Gasteiger partial charge in [0.25, 0.3) is 0 Å². The van der Waals surface area contributed by atoms with Gasteiger partial charge in [0.2, 0.25) is 0 Å². The van der Waals surface area contributed by atoms with Gasteiger partial charge >= 0.3 is 0 Å². The fraction of sp³-hybridized carbons (Fsp3) is 0.250. The number of halogens is 2. The van der Waals surface area contributed by atoms with E-state index in [2.05, 4.69) is 5.32 Å². The predicted octanol–water partition coefficient (Wildman–Crippen LogP) is 4.69. The van der Waals surface area contributed by atoms with E-state index in [-0.39, 0.29) is 5.82 Å². The Balaban J connectivity index is 2.25. The first-order valence-corrected chi connectivity index (χ1v) is 6.91. The molecule has 0 heterocycles. The molecule has 0 atom stereocenters. The molecule has 1 N–H and O–H groups in total. The summed E-state index contributed by atoms with van der Waals surface area (Å²) in [7, 11) is 0. The molecule has 0 saturated heterocycles. The summed E-state index contributed by atoms with van der Waals surface area (Å²) in [6.07, 6.45) is 0. The van der Waals surface area contributed by atoms with Crippen LogP contribution in [0.2, 0.25) is 5.02 Å². The van der Waals surface area contributed by atoms with Crippen LogP contribution in [-0.2, 0) is 6.54 Å². The molecular formula is C16H17ClFNO. The van der Waals surface area contributed by atoms with Gasteiger partial charge in [0, 0.05) is 17.1 Å². The van der Waals surface area contributed by atoms with Gasteiger partial charge in [-0.25, -0.2) is 4.39 Å². The summed E-state index contributed by atoms with van der Waals surface area (Å²) < 4.78 is 19.2. The molecule has 2 aromatic carbocycles. The first-order chi connectivity index (χ1) is 9.60. The molecule has 0 aromatic heterocycles. The monoisotopic (exact) mass is 293 g/mol. The van der Waals surface area contributed by atoms with E-state index in [1.807, 2.05) is 19.9 Å². The van der Waals surface area contributed by atoms with Crippen LogP contribution in [0.15, 0.2) is 36.4 Å². The van der Waals surface area contributed by atoms with Crippen LogP contribution in [-0.4, -0.2) is 6.54 Å². The van der Waals surface area contributed by atoms with Crippen molar-refractivity contribution in [2.75, 3.05) is 6.54 Å². The van der Waals surface area contributed by atoms with Crippen LogP contribution in [0.1, 0.15) is 18.1 Å². The minimum absolute atomic E-state index is 0.266. The lowest BCUT2D eigenvalue weighted by atomic mass is 10.2. The molecule has 0 saturated carbocycles. The molecule has 2 nitrogen and oxygen atoms in total. The number of hydrogen-bond acceptors (Lipinski definition) is 2. The zero-order valence-electron chi connectivity index (χ0n) is 11.5. The van der Waals surface area contributed by atoms with Gasteiger partial charge in [0.1, 0.15) is 17.3 Å². The van der Waals surface area contributed by atoms with E-state index >= 15 is 0 Å². The third-order valence-electron chi connectivity index (χ3n) is 2.95. The van der Waals surface area contributed by atoms with Crippen molar-refractivity contribution in [3.8, 4) is 11.5 Å². The zero-order chi connectivity index (χ0) is 14.5. The van der Waals surface area contributed by atoms with Crippen molar-refractivity contribution in [1.29, 1.82) is 0 Å². The number of nitrogens with one attached hydrogen (secondary N) is 1. The molecule has 2 aromatic rings. The molecule has 0 spiro atoms. The fourth-order valence-electron chi connectivity index (χ4n) is 1.85. The molecule has 0 aliphatic heterocycles. The van der Waals surface area contributed by atoms with Crippen LogP contribution in [0.5, 0.6) is 11.5 Å². The highest BCUT2D eigenvalue weighted by molar-refractivity contribution is 6.31. The topological polar surface area (TPSA) is 21.3 Å². The maximum atomic E-state index is 13.3. The van der Waals surface area contributed by atoms with Crippen LogP contribution in [0.3, 0.4) is 0 Å². The van der Waals surface area contributed by atoms with Crippen LogP contribution in [0.4, 0.5) is 4.39 Å². The summed E-state index contributed by atoms with van der Waals surface area (Å²) in [4.78, 5) is 0. The number of hydrogen-bond donors (Lipinski definition) is 1. The largest absolute Gasteiger partial charge is 0.457 e. The van der Waals surface area contributed by atoms with Crippen molar-refractivity contribution in [2.45, 2.75) is 20.4 Å². The van der Waals surface area contributed by atoms with E-state index < -0.39 is 0 Å². The van der Waals surface area contributed by atoms with Crippen molar-refractivity contribution in [1.82, 2.24) is 5.32 Å². The van der Waals surface area contributed by atoms with E-state index in [0.717, 1.165) is 17.7 Å². The molecule has 20 heavy (non-hydrogen) atoms. The number of aryl methyl sites for hydroxylation is 1. The second-order valence-electron chi connectivity index (χ2n) is 4.55. The van der Waals surface area contributed by atoms with Crippen molar-refractivity contribution >= 4 is 11.6 Å². The summed E-state index contributed by atoms with van der Waals surface area (Å²) in [6, 6.07) is 9.98. The first kappa shape index (κ1) is 14.8. The van der Waals surface area contributed by atoms with Crippen LogP contribution in [0.25, 0.3) is 0 Å². The Bertz CT molecular complexity index is 601. The van der Waals surface area contributed by atoms with E-state index in [4.69, 9.17) is 16.3 Å². The minimum Gasteiger partial charge on any atom is -0.457 e. The molecule has 2 rings (SSSR count). The van der Waals surface area contributed by atoms with Crippen LogP contribution in [0, 0.1) is 12.7 Å². The Hall–Kier alpha value is -1.58. The lowest BCUT2D eigenvalue weighted by Crippen LogP contribution is -2.12. The van der Waals surface area contributed by atoms with Crippen LogP contribution >= 0.6 is 11.6 Å². The lowest BCUT2D eigenvalue weighted by molar-refractivity contribution is 0.470. The molecule has 0 fully saturated rings. The Kier molecular flexibility index (Phi) is 4.99. The van der Waals surface area contributed by atoms with Gasteiger partial charge in [0.05, 0.1) is 0 Å². The molecule has 4 heteroatoms. The summed E-state index contributed by atoms with van der Waals surface area (Å²) in [6.45, 7) is 5.30. The highest BCUT2D eigenvalue weighted by Gasteiger charge is 2.07. The van der Waals surface area contributed by atoms with Gasteiger partial charge in [-0.15, -0.1) is 0 Å². The quantitative estimate of drug-likeness (QED) is 0.863. The third-order valence-corrected chi connectivity index (χ3v) is 3.37. The minimum atomic E-state index is -0.266. The molecule has 0 unspecified atom stereocenters. The van der Waals surface area contributed by atoms with E-state index in [0.29, 0.717) is 23.1 Å². The summed E-state index contributed by atoms with van der Waals surface area (Å²) in [5, 5.41) is 3.87. The maximum Gasteiger partial charge on any atom is 0.132 e. The van der Waals surface area contributed by atoms with Gasteiger partial charge in [-0.1, -0.05) is 18.5 Å². The van der Waals surface area contributed by atoms with E-state index in [1.54, 1.807) is 18.2 Å². The second kappa shape index (κ2) is 6.73. The van der Waals surface area contributed by atoms with Gasteiger partial charge < -0.3 is 10.1 Å². The normalized spacial score (nSPS) is 10.6. The van der Waals surface area contributed by atoms with Crippen molar-refractivity contribution < 1.29 is 9.13 Å². The molecule has 0 amide bonds. The fourth-order valence-corrected chi connectivity index (χ4v) is 1.97. The Labute approximate surface area is 123 Å². The van der Waals surface area contributed by atoms with Gasteiger partial charge in [-0.2, -0.15) is 0 Å². The van der Waals surface area contributed by atoms with Gasteiger partial charge in [0.15, 0.2) is 0 Å². The second-order valence-corrected chi connectivity index (χ2v) is 4.95. The zero-order valence-corrected chi connectivity index (χ0v) is 12.3. The SMILES string of the molecule is CCNCc1cc(F)ccc1Oc1ccc(Cl)c(C)c1. The smallest absolute Gasteiger partial charge is 0.132 e. The Morgan fingerprint density at radius 3 is 2.70 bits per heavy atom. The maximum absolute atomic E-state index is 13.3. The highest BCUT2D eigenvalue weighted by Crippen LogP contribution is 2.28.